The van der Waals surface area contributed by atoms with E-state index in [1.54, 1.807) is 6.21 Å². The molecular weight excluding hydrogens is 322 g/mol. The maximum atomic E-state index is 6.09. The summed E-state index contributed by atoms with van der Waals surface area (Å²) in [6, 6.07) is 10.1. The molecule has 25 heavy (non-hydrogen) atoms. The summed E-state index contributed by atoms with van der Waals surface area (Å²) in [7, 11) is 0. The summed E-state index contributed by atoms with van der Waals surface area (Å²) < 4.78 is 30.1. The second-order valence-electron chi connectivity index (χ2n) is 7.61. The van der Waals surface area contributed by atoms with E-state index in [1.165, 1.54) is 0 Å². The minimum atomic E-state index is -0.702. The molecule has 6 nitrogen and oxygen atoms in total. The summed E-state index contributed by atoms with van der Waals surface area (Å²) in [6.45, 7) is 8.16. The first-order chi connectivity index (χ1) is 11.8. The molecule has 0 aliphatic carbocycles. The van der Waals surface area contributed by atoms with E-state index < -0.39 is 17.9 Å². The molecule has 0 spiro atoms. The molecule has 4 rings (SSSR count). The van der Waals surface area contributed by atoms with Crippen LogP contribution in [-0.4, -0.2) is 48.5 Å². The van der Waals surface area contributed by atoms with E-state index in [4.69, 9.17) is 23.7 Å². The van der Waals surface area contributed by atoms with E-state index in [0.29, 0.717) is 6.54 Å². The van der Waals surface area contributed by atoms with E-state index in [2.05, 4.69) is 4.99 Å². The smallest absolute Gasteiger partial charge is 0.190 e. The Kier molecular flexibility index (Phi) is 4.21. The van der Waals surface area contributed by atoms with Crippen molar-refractivity contribution in [1.82, 2.24) is 0 Å². The van der Waals surface area contributed by atoms with Crippen molar-refractivity contribution in [2.45, 2.75) is 76.5 Å². The molecule has 3 aliphatic heterocycles. The van der Waals surface area contributed by atoms with Crippen molar-refractivity contribution in [3.8, 4) is 0 Å². The fraction of sp³-hybridized carbons (Fsp3) is 0.632. The Labute approximate surface area is 148 Å². The van der Waals surface area contributed by atoms with Gasteiger partial charge in [0.1, 0.15) is 24.4 Å². The fourth-order valence-corrected chi connectivity index (χ4v) is 3.61. The molecule has 0 unspecified atom stereocenters. The Morgan fingerprint density at radius 3 is 2.28 bits per heavy atom. The van der Waals surface area contributed by atoms with Gasteiger partial charge in [-0.2, -0.15) is 0 Å². The van der Waals surface area contributed by atoms with Gasteiger partial charge in [0.15, 0.2) is 17.9 Å². The van der Waals surface area contributed by atoms with Crippen molar-refractivity contribution in [1.29, 1.82) is 0 Å². The lowest BCUT2D eigenvalue weighted by Gasteiger charge is -2.35. The molecule has 0 amide bonds. The first-order valence-electron chi connectivity index (χ1n) is 8.74. The van der Waals surface area contributed by atoms with Gasteiger partial charge in [0.05, 0.1) is 6.54 Å². The third-order valence-corrected chi connectivity index (χ3v) is 4.56. The Morgan fingerprint density at radius 2 is 1.52 bits per heavy atom. The summed E-state index contributed by atoms with van der Waals surface area (Å²) in [6.07, 6.45) is 0.161. The number of hydrogen-bond acceptors (Lipinski definition) is 6. The van der Waals surface area contributed by atoms with Crippen molar-refractivity contribution in [3.05, 3.63) is 35.9 Å². The van der Waals surface area contributed by atoms with Crippen LogP contribution in [0.4, 0.5) is 0 Å². The number of rotatable bonds is 3. The van der Waals surface area contributed by atoms with Crippen LogP contribution in [0.5, 0.6) is 0 Å². The number of hydrogen-bond donors (Lipinski definition) is 0. The van der Waals surface area contributed by atoms with E-state index in [0.717, 1.165) is 5.56 Å². The van der Waals surface area contributed by atoms with Crippen LogP contribution in [0.1, 0.15) is 33.3 Å². The third kappa shape index (κ3) is 3.50. The predicted octanol–water partition coefficient (Wildman–Crippen LogP) is 2.65. The predicted molar refractivity (Wildman–Crippen MR) is 91.2 cm³/mol. The molecule has 3 heterocycles. The molecule has 0 radical (unpaired) electrons. The molecule has 0 N–H and O–H groups in total. The van der Waals surface area contributed by atoms with Gasteiger partial charge in [-0.25, -0.2) is 0 Å². The van der Waals surface area contributed by atoms with Gasteiger partial charge in [0.25, 0.3) is 0 Å². The van der Waals surface area contributed by atoms with Crippen LogP contribution in [-0.2, 0) is 30.2 Å². The zero-order valence-corrected chi connectivity index (χ0v) is 15.0. The molecule has 6 heteroatoms. The summed E-state index contributed by atoms with van der Waals surface area (Å²) >= 11 is 0. The maximum absolute atomic E-state index is 6.09. The molecule has 3 fully saturated rings. The Balaban J connectivity index is 1.51. The average Bonchev–Trinajstić information content (AvgIpc) is 3.03. The van der Waals surface area contributed by atoms with Crippen molar-refractivity contribution in [2.75, 3.05) is 0 Å². The zero-order chi connectivity index (χ0) is 17.7. The number of nitrogens with zero attached hydrogens (tertiary/aromatic N) is 1. The van der Waals surface area contributed by atoms with Crippen LogP contribution in [0, 0.1) is 0 Å². The molecule has 5 atom stereocenters. The molecule has 1 aromatic carbocycles. The van der Waals surface area contributed by atoms with E-state index >= 15 is 0 Å². The first-order valence-corrected chi connectivity index (χ1v) is 8.74. The summed E-state index contributed by atoms with van der Waals surface area (Å²) in [5.41, 5.74) is 1.15. The third-order valence-electron chi connectivity index (χ3n) is 4.56. The molecule has 1 aromatic rings. The fourth-order valence-electron chi connectivity index (χ4n) is 3.61. The zero-order valence-electron chi connectivity index (χ0n) is 15.0. The number of benzene rings is 1. The Morgan fingerprint density at radius 1 is 0.880 bits per heavy atom. The molecule has 136 valence electrons. The second-order valence-corrected chi connectivity index (χ2v) is 7.61. The van der Waals surface area contributed by atoms with Crippen molar-refractivity contribution >= 4 is 6.21 Å². The quantitative estimate of drug-likeness (QED) is 0.787. The molecule has 0 bridgehead atoms. The monoisotopic (exact) mass is 347 g/mol. The van der Waals surface area contributed by atoms with Crippen molar-refractivity contribution in [2.24, 2.45) is 4.99 Å². The molecule has 3 saturated heterocycles. The lowest BCUT2D eigenvalue weighted by atomic mass is 9.99. The van der Waals surface area contributed by atoms with E-state index in [-0.39, 0.29) is 24.4 Å². The largest absolute Gasteiger partial charge is 0.342 e. The molecule has 0 aromatic heterocycles. The second kappa shape index (κ2) is 6.14. The van der Waals surface area contributed by atoms with Gasteiger partial charge < -0.3 is 23.7 Å². The maximum Gasteiger partial charge on any atom is 0.190 e. The summed E-state index contributed by atoms with van der Waals surface area (Å²) in [5.74, 6) is -1.39. The van der Waals surface area contributed by atoms with Gasteiger partial charge in [-0.3, -0.25) is 4.99 Å². The van der Waals surface area contributed by atoms with Crippen molar-refractivity contribution in [3.63, 3.8) is 0 Å². The van der Waals surface area contributed by atoms with Gasteiger partial charge in [-0.1, -0.05) is 30.3 Å². The highest BCUT2D eigenvalue weighted by Gasteiger charge is 2.60. The van der Waals surface area contributed by atoms with Crippen LogP contribution in [0.25, 0.3) is 0 Å². The highest BCUT2D eigenvalue weighted by Crippen LogP contribution is 2.43. The van der Waals surface area contributed by atoms with Crippen molar-refractivity contribution < 1.29 is 23.7 Å². The van der Waals surface area contributed by atoms with Crippen LogP contribution >= 0.6 is 0 Å². The number of ether oxygens (including phenoxy) is 5. The number of fused-ring (bicyclic) bond motifs is 3. The lowest BCUT2D eigenvalue weighted by Crippen LogP contribution is -2.55. The normalized spacial score (nSPS) is 38.6. The van der Waals surface area contributed by atoms with Crippen LogP contribution in [0.15, 0.2) is 35.3 Å². The topological polar surface area (TPSA) is 58.5 Å². The Bertz CT molecular complexity index is 644. The molecule has 0 saturated carbocycles. The minimum absolute atomic E-state index is 0.247. The van der Waals surface area contributed by atoms with Crippen LogP contribution < -0.4 is 0 Å². The Hall–Kier alpha value is -1.31. The van der Waals surface area contributed by atoms with Gasteiger partial charge in [-0.15, -0.1) is 0 Å². The average molecular weight is 347 g/mol. The SMILES string of the molecule is CC1(C)O[C@H]2[C@@H](O1)[C@@H](C=NCc1ccccc1)O[C@H]1OC(C)(C)O[C@@H]12. The number of aliphatic imine (C=N–C) groups is 1. The summed E-state index contributed by atoms with van der Waals surface area (Å²) in [5, 5.41) is 0. The first kappa shape index (κ1) is 17.1. The van der Waals surface area contributed by atoms with E-state index in [1.807, 2.05) is 58.0 Å². The lowest BCUT2D eigenvalue weighted by molar-refractivity contribution is -0.217. The highest BCUT2D eigenvalue weighted by atomic mass is 16.9. The molecular formula is C19H25NO5. The van der Waals surface area contributed by atoms with Gasteiger partial charge >= 0.3 is 0 Å². The van der Waals surface area contributed by atoms with Gasteiger partial charge in [-0.05, 0) is 33.3 Å². The van der Waals surface area contributed by atoms with E-state index in [9.17, 15) is 0 Å². The van der Waals surface area contributed by atoms with Gasteiger partial charge in [0.2, 0.25) is 0 Å². The van der Waals surface area contributed by atoms with Crippen LogP contribution in [0.2, 0.25) is 0 Å². The molecule has 3 aliphatic rings. The standard InChI is InChI=1S/C19H25NO5/c1-18(2)22-14-13(11-20-10-12-8-6-5-7-9-12)21-17-16(15(14)23-18)24-19(3,4)25-17/h5-9,11,13-17H,10H2,1-4H3/t13-,14+,15+,16-,17+/m1/s1. The van der Waals surface area contributed by atoms with Gasteiger partial charge in [0, 0.05) is 6.21 Å². The highest BCUT2D eigenvalue weighted by molar-refractivity contribution is 5.64. The minimum Gasteiger partial charge on any atom is -0.342 e. The summed E-state index contributed by atoms with van der Waals surface area (Å²) in [4.78, 5) is 4.54. The van der Waals surface area contributed by atoms with Crippen LogP contribution in [0.3, 0.4) is 0 Å².